The summed E-state index contributed by atoms with van der Waals surface area (Å²) in [7, 11) is 0. The molecule has 3 rings (SSSR count). The standard InChI is InChI=1S/C20H23NO3/c22-19-8-4-7-17(13-19)14-20(23)21(18-10-12-24-15-18)11-9-16-5-2-1-3-6-16/h1-8,13,18,22H,9-12,14-15H2/t18-/m0/s1. The number of phenols is 1. The molecule has 126 valence electrons. The molecule has 0 aromatic heterocycles. The maximum absolute atomic E-state index is 12.8. The maximum Gasteiger partial charge on any atom is 0.227 e. The SMILES string of the molecule is O=C(Cc1cccc(O)c1)N(CCc1ccccc1)[C@H]1CCOC1. The molecule has 0 spiro atoms. The molecule has 4 heteroatoms. The summed E-state index contributed by atoms with van der Waals surface area (Å²) in [5.74, 6) is 0.285. The van der Waals surface area contributed by atoms with E-state index in [4.69, 9.17) is 4.74 Å². The quantitative estimate of drug-likeness (QED) is 0.888. The molecule has 2 aromatic rings. The van der Waals surface area contributed by atoms with Gasteiger partial charge in [0.15, 0.2) is 0 Å². The van der Waals surface area contributed by atoms with Crippen LogP contribution in [-0.4, -0.2) is 41.7 Å². The van der Waals surface area contributed by atoms with E-state index in [2.05, 4.69) is 12.1 Å². The van der Waals surface area contributed by atoms with Crippen molar-refractivity contribution in [2.45, 2.75) is 25.3 Å². The molecule has 1 atom stereocenters. The van der Waals surface area contributed by atoms with Crippen LogP contribution in [0.1, 0.15) is 17.5 Å². The van der Waals surface area contributed by atoms with E-state index in [0.29, 0.717) is 26.2 Å². The Morgan fingerprint density at radius 3 is 2.62 bits per heavy atom. The number of ether oxygens (including phenoxy) is 1. The van der Waals surface area contributed by atoms with Crippen molar-refractivity contribution in [3.05, 3.63) is 65.7 Å². The first-order valence-corrected chi connectivity index (χ1v) is 8.41. The van der Waals surface area contributed by atoms with Crippen LogP contribution in [0.25, 0.3) is 0 Å². The van der Waals surface area contributed by atoms with Crippen molar-refractivity contribution in [3.63, 3.8) is 0 Å². The van der Waals surface area contributed by atoms with E-state index in [1.165, 1.54) is 5.56 Å². The van der Waals surface area contributed by atoms with Crippen LogP contribution < -0.4 is 0 Å². The van der Waals surface area contributed by atoms with Crippen molar-refractivity contribution in [3.8, 4) is 5.75 Å². The van der Waals surface area contributed by atoms with Crippen molar-refractivity contribution in [1.29, 1.82) is 0 Å². The van der Waals surface area contributed by atoms with E-state index in [9.17, 15) is 9.90 Å². The summed E-state index contributed by atoms with van der Waals surface area (Å²) in [4.78, 5) is 14.8. The third kappa shape index (κ3) is 4.36. The highest BCUT2D eigenvalue weighted by molar-refractivity contribution is 5.79. The van der Waals surface area contributed by atoms with Crippen molar-refractivity contribution in [2.75, 3.05) is 19.8 Å². The average Bonchev–Trinajstić information content (AvgIpc) is 3.10. The number of aromatic hydroxyl groups is 1. The Hall–Kier alpha value is -2.33. The average molecular weight is 325 g/mol. The number of amides is 1. The lowest BCUT2D eigenvalue weighted by molar-refractivity contribution is -0.132. The molecule has 1 saturated heterocycles. The number of hydrogen-bond donors (Lipinski definition) is 1. The number of benzene rings is 2. The third-order valence-corrected chi connectivity index (χ3v) is 4.42. The second kappa shape index (κ2) is 7.97. The summed E-state index contributed by atoms with van der Waals surface area (Å²) < 4.78 is 5.48. The number of nitrogens with zero attached hydrogens (tertiary/aromatic N) is 1. The van der Waals surface area contributed by atoms with Crippen molar-refractivity contribution in [1.82, 2.24) is 4.90 Å². The minimum absolute atomic E-state index is 0.0898. The smallest absolute Gasteiger partial charge is 0.227 e. The van der Waals surface area contributed by atoms with Gasteiger partial charge in [-0.05, 0) is 36.1 Å². The fourth-order valence-electron chi connectivity index (χ4n) is 3.12. The zero-order valence-corrected chi connectivity index (χ0v) is 13.7. The molecule has 0 unspecified atom stereocenters. The second-order valence-corrected chi connectivity index (χ2v) is 6.19. The van der Waals surface area contributed by atoms with E-state index in [1.807, 2.05) is 29.2 Å². The lowest BCUT2D eigenvalue weighted by Crippen LogP contribution is -2.42. The van der Waals surface area contributed by atoms with Gasteiger partial charge in [-0.25, -0.2) is 0 Å². The molecule has 0 bridgehead atoms. The molecule has 1 heterocycles. The summed E-state index contributed by atoms with van der Waals surface area (Å²) >= 11 is 0. The van der Waals surface area contributed by atoms with E-state index in [-0.39, 0.29) is 17.7 Å². The molecule has 0 radical (unpaired) electrons. The highest BCUT2D eigenvalue weighted by Crippen LogP contribution is 2.17. The molecule has 1 aliphatic heterocycles. The molecule has 0 saturated carbocycles. The molecular formula is C20H23NO3. The predicted molar refractivity (Wildman–Crippen MR) is 92.9 cm³/mol. The normalized spacial score (nSPS) is 16.9. The van der Waals surface area contributed by atoms with Crippen LogP contribution in [0.5, 0.6) is 5.75 Å². The Morgan fingerprint density at radius 1 is 1.12 bits per heavy atom. The zero-order chi connectivity index (χ0) is 16.8. The summed E-state index contributed by atoms with van der Waals surface area (Å²) in [5, 5.41) is 9.58. The number of hydrogen-bond acceptors (Lipinski definition) is 3. The van der Waals surface area contributed by atoms with E-state index < -0.39 is 0 Å². The Labute approximate surface area is 142 Å². The van der Waals surface area contributed by atoms with Gasteiger partial charge in [0, 0.05) is 13.2 Å². The van der Waals surface area contributed by atoms with Crippen molar-refractivity contribution < 1.29 is 14.6 Å². The minimum Gasteiger partial charge on any atom is -0.508 e. The zero-order valence-electron chi connectivity index (χ0n) is 13.7. The third-order valence-electron chi connectivity index (χ3n) is 4.42. The van der Waals surface area contributed by atoms with Crippen LogP contribution in [0.4, 0.5) is 0 Å². The molecule has 0 aliphatic carbocycles. The van der Waals surface area contributed by atoms with Gasteiger partial charge in [0.2, 0.25) is 5.91 Å². The first kappa shape index (κ1) is 16.5. The van der Waals surface area contributed by atoms with Gasteiger partial charge in [-0.1, -0.05) is 42.5 Å². The Balaban J connectivity index is 1.68. The molecule has 4 nitrogen and oxygen atoms in total. The first-order valence-electron chi connectivity index (χ1n) is 8.41. The monoisotopic (exact) mass is 325 g/mol. The summed E-state index contributed by atoms with van der Waals surface area (Å²) in [6.07, 6.45) is 2.03. The van der Waals surface area contributed by atoms with Gasteiger partial charge in [-0.2, -0.15) is 0 Å². The summed E-state index contributed by atoms with van der Waals surface area (Å²) in [6.45, 7) is 2.02. The number of carbonyl (C=O) groups excluding carboxylic acids is 1. The summed E-state index contributed by atoms with van der Waals surface area (Å²) in [6, 6.07) is 17.3. The molecule has 1 amide bonds. The number of rotatable bonds is 6. The van der Waals surface area contributed by atoms with E-state index in [0.717, 1.165) is 18.4 Å². The highest BCUT2D eigenvalue weighted by atomic mass is 16.5. The van der Waals surface area contributed by atoms with Gasteiger partial charge in [0.25, 0.3) is 0 Å². The Kier molecular flexibility index (Phi) is 5.49. The van der Waals surface area contributed by atoms with Crippen LogP contribution in [0.2, 0.25) is 0 Å². The van der Waals surface area contributed by atoms with Gasteiger partial charge in [-0.3, -0.25) is 4.79 Å². The molecule has 24 heavy (non-hydrogen) atoms. The molecule has 2 aromatic carbocycles. The van der Waals surface area contributed by atoms with Crippen LogP contribution in [0.3, 0.4) is 0 Å². The molecular weight excluding hydrogens is 302 g/mol. The van der Waals surface area contributed by atoms with E-state index >= 15 is 0 Å². The van der Waals surface area contributed by atoms with Gasteiger partial charge in [-0.15, -0.1) is 0 Å². The lowest BCUT2D eigenvalue weighted by Gasteiger charge is -2.28. The Morgan fingerprint density at radius 2 is 1.92 bits per heavy atom. The second-order valence-electron chi connectivity index (χ2n) is 6.19. The highest BCUT2D eigenvalue weighted by Gasteiger charge is 2.27. The van der Waals surface area contributed by atoms with Crippen LogP contribution in [0.15, 0.2) is 54.6 Å². The fraction of sp³-hybridized carbons (Fsp3) is 0.350. The first-order chi connectivity index (χ1) is 11.7. The number of phenolic OH excluding ortho intramolecular Hbond substituents is 1. The van der Waals surface area contributed by atoms with Gasteiger partial charge in [0.05, 0.1) is 19.1 Å². The maximum atomic E-state index is 12.8. The summed E-state index contributed by atoms with van der Waals surface area (Å²) in [5.41, 5.74) is 2.06. The van der Waals surface area contributed by atoms with Gasteiger partial charge >= 0.3 is 0 Å². The fourth-order valence-corrected chi connectivity index (χ4v) is 3.12. The Bertz CT molecular complexity index is 666. The topological polar surface area (TPSA) is 49.8 Å². The van der Waals surface area contributed by atoms with Crippen molar-refractivity contribution in [2.24, 2.45) is 0 Å². The van der Waals surface area contributed by atoms with Gasteiger partial charge < -0.3 is 14.7 Å². The van der Waals surface area contributed by atoms with Gasteiger partial charge in [0.1, 0.15) is 5.75 Å². The molecule has 1 N–H and O–H groups in total. The van der Waals surface area contributed by atoms with Crippen molar-refractivity contribution >= 4 is 5.91 Å². The number of carbonyl (C=O) groups is 1. The minimum atomic E-state index is 0.0898. The van der Waals surface area contributed by atoms with Crippen LogP contribution >= 0.6 is 0 Å². The van der Waals surface area contributed by atoms with E-state index in [1.54, 1.807) is 18.2 Å². The molecule has 1 fully saturated rings. The van der Waals surface area contributed by atoms with Crippen LogP contribution in [-0.2, 0) is 22.4 Å². The molecule has 1 aliphatic rings. The largest absolute Gasteiger partial charge is 0.508 e. The van der Waals surface area contributed by atoms with Crippen LogP contribution in [0, 0.1) is 0 Å². The predicted octanol–water partition coefficient (Wildman–Crippen LogP) is 2.79. The lowest BCUT2D eigenvalue weighted by atomic mass is 10.1.